The van der Waals surface area contributed by atoms with Gasteiger partial charge in [0.2, 0.25) is 5.88 Å². The molecule has 4 rings (SSSR count). The fourth-order valence-corrected chi connectivity index (χ4v) is 5.23. The minimum atomic E-state index is -3.71. The predicted octanol–water partition coefficient (Wildman–Crippen LogP) is 3.65. The fraction of sp³-hybridized carbons (Fsp3) is 0.435. The van der Waals surface area contributed by atoms with Crippen molar-refractivity contribution in [1.82, 2.24) is 9.97 Å². The summed E-state index contributed by atoms with van der Waals surface area (Å²) in [4.78, 5) is 12.5. The summed E-state index contributed by atoms with van der Waals surface area (Å²) in [5.74, 6) is -0.969. The molecule has 1 aromatic heterocycles. The maximum absolute atomic E-state index is 14.8. The van der Waals surface area contributed by atoms with Crippen molar-refractivity contribution >= 4 is 27.6 Å². The molecule has 0 saturated heterocycles. The molecule has 1 aromatic carbocycles. The van der Waals surface area contributed by atoms with E-state index in [9.17, 15) is 17.2 Å². The summed E-state index contributed by atoms with van der Waals surface area (Å²) in [7, 11) is -3.71. The Kier molecular flexibility index (Phi) is 5.76. The van der Waals surface area contributed by atoms with Gasteiger partial charge in [-0.05, 0) is 63.3 Å². The molecule has 10 heteroatoms. The molecule has 176 valence electrons. The normalized spacial score (nSPS) is 24.3. The Hall–Kier alpha value is -2.88. The first kappa shape index (κ1) is 23.3. The molecule has 1 atom stereocenters. The van der Waals surface area contributed by atoms with Crippen LogP contribution in [0.15, 0.2) is 35.6 Å². The van der Waals surface area contributed by atoms with Crippen molar-refractivity contribution in [3.8, 4) is 5.88 Å². The average Bonchev–Trinajstić information content (AvgIpc) is 3.57. The molecule has 2 aromatic rings. The van der Waals surface area contributed by atoms with Crippen LogP contribution in [0.5, 0.6) is 5.88 Å². The minimum Gasteiger partial charge on any atom is -0.476 e. The van der Waals surface area contributed by atoms with Gasteiger partial charge in [-0.1, -0.05) is 6.07 Å². The van der Waals surface area contributed by atoms with Crippen LogP contribution in [0.3, 0.4) is 0 Å². The molecule has 1 aliphatic carbocycles. The molecule has 0 spiro atoms. The minimum absolute atomic E-state index is 0.00452. The molecule has 0 radical (unpaired) electrons. The molecule has 0 amide bonds. The van der Waals surface area contributed by atoms with Gasteiger partial charge in [-0.3, -0.25) is 4.99 Å². The van der Waals surface area contributed by atoms with E-state index in [0.29, 0.717) is 24.0 Å². The van der Waals surface area contributed by atoms with Crippen LogP contribution in [0, 0.1) is 11.7 Å². The Labute approximate surface area is 191 Å². The van der Waals surface area contributed by atoms with E-state index < -0.39 is 37.5 Å². The zero-order valence-electron chi connectivity index (χ0n) is 18.7. The van der Waals surface area contributed by atoms with E-state index in [1.165, 1.54) is 51.4 Å². The average molecular weight is 477 g/mol. The van der Waals surface area contributed by atoms with Gasteiger partial charge in [0.25, 0.3) is 0 Å². The quantitative estimate of drug-likeness (QED) is 0.682. The fourth-order valence-electron chi connectivity index (χ4n) is 3.55. The highest BCUT2D eigenvalue weighted by Gasteiger charge is 2.49. The van der Waals surface area contributed by atoms with Gasteiger partial charge in [-0.2, -0.15) is 0 Å². The number of hydrogen-bond acceptors (Lipinski definition) is 7. The number of aliphatic imine (C=N–C) groups is 1. The van der Waals surface area contributed by atoms with Gasteiger partial charge in [-0.15, -0.1) is 0 Å². The Bertz CT molecular complexity index is 1240. The summed E-state index contributed by atoms with van der Waals surface area (Å²) in [6.45, 7) is 5.01. The highest BCUT2D eigenvalue weighted by molar-refractivity contribution is 7.93. The molecule has 0 unspecified atom stereocenters. The lowest BCUT2D eigenvalue weighted by molar-refractivity contribution is 0.287. The summed E-state index contributed by atoms with van der Waals surface area (Å²) >= 11 is 0. The van der Waals surface area contributed by atoms with Gasteiger partial charge >= 0.3 is 0 Å². The van der Waals surface area contributed by atoms with E-state index in [2.05, 4.69) is 15.0 Å². The largest absolute Gasteiger partial charge is 0.476 e. The van der Waals surface area contributed by atoms with Gasteiger partial charge < -0.3 is 10.5 Å². The number of nitrogens with two attached hydrogens (primary N) is 1. The van der Waals surface area contributed by atoms with Crippen molar-refractivity contribution < 1.29 is 21.9 Å². The van der Waals surface area contributed by atoms with Gasteiger partial charge in [0.05, 0.1) is 24.8 Å². The van der Waals surface area contributed by atoms with Crippen LogP contribution < -0.4 is 10.5 Å². The Balaban J connectivity index is 1.62. The van der Waals surface area contributed by atoms with Gasteiger partial charge in [0.15, 0.2) is 15.7 Å². The van der Waals surface area contributed by atoms with Crippen molar-refractivity contribution in [2.45, 2.75) is 43.9 Å². The smallest absolute Gasteiger partial charge is 0.232 e. The monoisotopic (exact) mass is 476 g/mol. The lowest BCUT2D eigenvalue weighted by Crippen LogP contribution is -2.55. The number of amidine groups is 1. The Morgan fingerprint density at radius 1 is 1.24 bits per heavy atom. The van der Waals surface area contributed by atoms with Crippen LogP contribution >= 0.6 is 0 Å². The standard InChI is InChI=1S/C23H26F2N4O3S/c1-22(2)21(26)29-23(3,13-33(22,30)31)16-8-15(6-7-17(16)24)9-18(25)19-10-28-20(11-27-19)32-12-14-4-5-14/h6-11,14H,4-5,12-13H2,1-3H3,(H2,26,29)/b18-9-/t23-/m0/s1. The maximum Gasteiger partial charge on any atom is 0.232 e. The molecule has 33 heavy (non-hydrogen) atoms. The number of aromatic nitrogens is 2. The lowest BCUT2D eigenvalue weighted by atomic mass is 9.91. The van der Waals surface area contributed by atoms with Crippen molar-refractivity contribution in [2.24, 2.45) is 16.6 Å². The predicted molar refractivity (Wildman–Crippen MR) is 122 cm³/mol. The van der Waals surface area contributed by atoms with Crippen LogP contribution in [0.25, 0.3) is 11.9 Å². The highest BCUT2D eigenvalue weighted by atomic mass is 32.2. The van der Waals surface area contributed by atoms with Crippen molar-refractivity contribution in [3.63, 3.8) is 0 Å². The second-order valence-corrected chi connectivity index (χ2v) is 11.8. The number of sulfone groups is 1. The van der Waals surface area contributed by atoms with Gasteiger partial charge in [0, 0.05) is 5.56 Å². The number of nitrogens with zero attached hydrogens (tertiary/aromatic N) is 3. The first-order valence-corrected chi connectivity index (χ1v) is 12.3. The topological polar surface area (TPSA) is 108 Å². The SMILES string of the molecule is CC1(C)C(N)=N[C@](C)(c2cc(/C=C(\F)c3cnc(OCC4CC4)cn3)ccc2F)CS1(=O)=O. The van der Waals surface area contributed by atoms with E-state index in [1.807, 2.05) is 0 Å². The van der Waals surface area contributed by atoms with Crippen LogP contribution in [-0.4, -0.2) is 41.3 Å². The number of hydrogen-bond donors (Lipinski definition) is 1. The second-order valence-electron chi connectivity index (χ2n) is 9.27. The van der Waals surface area contributed by atoms with E-state index in [4.69, 9.17) is 10.5 Å². The molecular weight excluding hydrogens is 450 g/mol. The summed E-state index contributed by atoms with van der Waals surface area (Å²) in [5.41, 5.74) is 4.84. The summed E-state index contributed by atoms with van der Waals surface area (Å²) in [6.07, 6.45) is 6.08. The van der Waals surface area contributed by atoms with Gasteiger partial charge in [-0.25, -0.2) is 27.2 Å². The first-order chi connectivity index (χ1) is 15.4. The highest BCUT2D eigenvalue weighted by Crippen LogP contribution is 2.38. The van der Waals surface area contributed by atoms with E-state index in [1.54, 1.807) is 0 Å². The summed E-state index contributed by atoms with van der Waals surface area (Å²) in [6, 6.07) is 3.91. The number of benzene rings is 1. The number of halogens is 2. The molecule has 7 nitrogen and oxygen atoms in total. The second kappa shape index (κ2) is 8.16. The molecule has 2 N–H and O–H groups in total. The van der Waals surface area contributed by atoms with Gasteiger partial charge in [0.1, 0.15) is 27.6 Å². The molecule has 1 saturated carbocycles. The van der Waals surface area contributed by atoms with Crippen LogP contribution in [0.1, 0.15) is 50.4 Å². The molecule has 0 bridgehead atoms. The molecule has 2 heterocycles. The number of ether oxygens (including phenoxy) is 1. The lowest BCUT2D eigenvalue weighted by Gasteiger charge is -2.38. The van der Waals surface area contributed by atoms with Crippen molar-refractivity contribution in [2.75, 3.05) is 12.4 Å². The third-order valence-corrected chi connectivity index (χ3v) is 8.84. The van der Waals surface area contributed by atoms with Crippen molar-refractivity contribution in [1.29, 1.82) is 0 Å². The Morgan fingerprint density at radius 3 is 2.58 bits per heavy atom. The van der Waals surface area contributed by atoms with Crippen molar-refractivity contribution in [3.05, 3.63) is 53.2 Å². The zero-order chi connectivity index (χ0) is 24.0. The van der Waals surface area contributed by atoms with Crippen LogP contribution in [0.2, 0.25) is 0 Å². The van der Waals surface area contributed by atoms with Crippen LogP contribution in [-0.2, 0) is 15.4 Å². The van der Waals surface area contributed by atoms with E-state index >= 15 is 0 Å². The number of rotatable bonds is 6. The Morgan fingerprint density at radius 2 is 1.97 bits per heavy atom. The molecule has 2 aliphatic rings. The third kappa shape index (κ3) is 4.62. The molecule has 1 aliphatic heterocycles. The van der Waals surface area contributed by atoms with E-state index in [0.717, 1.165) is 18.9 Å². The zero-order valence-corrected chi connectivity index (χ0v) is 19.5. The summed E-state index contributed by atoms with van der Waals surface area (Å²) in [5, 5.41) is 0. The van der Waals surface area contributed by atoms with E-state index in [-0.39, 0.29) is 17.1 Å². The third-order valence-electron chi connectivity index (χ3n) is 6.13. The summed E-state index contributed by atoms with van der Waals surface area (Å²) < 4.78 is 59.3. The first-order valence-electron chi connectivity index (χ1n) is 10.6. The van der Waals surface area contributed by atoms with Crippen LogP contribution in [0.4, 0.5) is 8.78 Å². The molecule has 1 fully saturated rings. The molecular formula is C23H26F2N4O3S. The maximum atomic E-state index is 14.8.